The third-order valence-corrected chi connectivity index (χ3v) is 4.27. The second-order valence-electron chi connectivity index (χ2n) is 6.46. The molecule has 0 saturated carbocycles. The Bertz CT molecular complexity index is 765. The molecule has 11 nitrogen and oxygen atoms in total. The number of amides is 1. The Balaban J connectivity index is 2.03. The molecule has 2 rings (SSSR count). The highest BCUT2D eigenvalue weighted by atomic mass is 16.5. The van der Waals surface area contributed by atoms with Crippen LogP contribution in [0.2, 0.25) is 6.32 Å². The molecule has 1 aromatic rings. The van der Waals surface area contributed by atoms with E-state index >= 15 is 0 Å². The molecular weight excluding hydrogens is 375 g/mol. The van der Waals surface area contributed by atoms with Gasteiger partial charge in [-0.25, -0.2) is 4.79 Å². The van der Waals surface area contributed by atoms with E-state index < -0.39 is 54.8 Å². The number of aromatic carboxylic acids is 1. The highest BCUT2D eigenvalue weighted by Gasteiger charge is 2.36. The van der Waals surface area contributed by atoms with Gasteiger partial charge in [0.1, 0.15) is 23.2 Å². The van der Waals surface area contributed by atoms with E-state index in [0.717, 1.165) is 0 Å². The van der Waals surface area contributed by atoms with Gasteiger partial charge in [0.15, 0.2) is 0 Å². The normalized spacial score (nSPS) is 14.9. The number of aryl methyl sites for hydroxylation is 1. The summed E-state index contributed by atoms with van der Waals surface area (Å²) in [5.74, 6) is -3.77. The summed E-state index contributed by atoms with van der Waals surface area (Å²) in [7, 11) is -1.59. The van der Waals surface area contributed by atoms with E-state index in [0.29, 0.717) is 0 Å². The lowest BCUT2D eigenvalue weighted by Crippen LogP contribution is -2.60. The first-order chi connectivity index (χ1) is 13.1. The molecule has 12 heteroatoms. The highest BCUT2D eigenvalue weighted by molar-refractivity contribution is 6.41. The Morgan fingerprint density at radius 3 is 2.43 bits per heavy atom. The summed E-state index contributed by atoms with van der Waals surface area (Å²) in [4.78, 5) is 35.4. The molecule has 1 aliphatic rings. The number of hydrogen-bond donors (Lipinski definition) is 6. The lowest BCUT2D eigenvalue weighted by atomic mass is 9.82. The summed E-state index contributed by atoms with van der Waals surface area (Å²) in [6.45, 7) is 0.203. The topological polar surface area (TPSA) is 191 Å². The summed E-state index contributed by atoms with van der Waals surface area (Å²) >= 11 is 0. The third kappa shape index (κ3) is 5.12. The van der Waals surface area contributed by atoms with E-state index in [1.807, 2.05) is 0 Å². The minimum absolute atomic E-state index is 0.0528. The molecule has 0 radical (unpaired) electrons. The summed E-state index contributed by atoms with van der Waals surface area (Å²) in [6.07, 6.45) is -1.06. The minimum Gasteiger partial charge on any atom is -0.507 e. The summed E-state index contributed by atoms with van der Waals surface area (Å²) in [5, 5.41) is 46.1. The summed E-state index contributed by atoms with van der Waals surface area (Å²) in [5.41, 5.74) is 5.28. The van der Waals surface area contributed by atoms with Crippen LogP contribution in [0.3, 0.4) is 0 Å². The number of carbonyl (C=O) groups excluding carboxylic acids is 1. The molecule has 152 valence electrons. The zero-order valence-electron chi connectivity index (χ0n) is 14.8. The smallest absolute Gasteiger partial charge is 0.451 e. The van der Waals surface area contributed by atoms with Gasteiger partial charge in [0.25, 0.3) is 0 Å². The van der Waals surface area contributed by atoms with Gasteiger partial charge < -0.3 is 40.7 Å². The number of likely N-dealkylation sites (tertiary alicyclic amines) is 1. The first-order valence-corrected chi connectivity index (χ1v) is 8.47. The van der Waals surface area contributed by atoms with Crippen molar-refractivity contribution in [3.05, 3.63) is 23.3 Å². The predicted octanol–water partition coefficient (Wildman–Crippen LogP) is -1.50. The lowest BCUT2D eigenvalue weighted by molar-refractivity contribution is -0.146. The summed E-state index contributed by atoms with van der Waals surface area (Å²) < 4.78 is 5.55. The highest BCUT2D eigenvalue weighted by Crippen LogP contribution is 2.34. The van der Waals surface area contributed by atoms with Crippen molar-refractivity contribution in [2.75, 3.05) is 13.1 Å². The van der Waals surface area contributed by atoms with Gasteiger partial charge in [-0.1, -0.05) is 6.07 Å². The maximum absolute atomic E-state index is 12.0. The Labute approximate surface area is 160 Å². The van der Waals surface area contributed by atoms with Gasteiger partial charge in [-0.3, -0.25) is 9.59 Å². The largest absolute Gasteiger partial charge is 0.507 e. The number of phenols is 1. The first kappa shape index (κ1) is 21.5. The fraction of sp³-hybridized carbons (Fsp3) is 0.438. The van der Waals surface area contributed by atoms with E-state index in [1.165, 1.54) is 17.0 Å². The van der Waals surface area contributed by atoms with Crippen LogP contribution in [0.1, 0.15) is 22.3 Å². The molecule has 28 heavy (non-hydrogen) atoms. The van der Waals surface area contributed by atoms with Crippen molar-refractivity contribution < 1.29 is 44.5 Å². The average Bonchev–Trinajstić information content (AvgIpc) is 2.55. The number of benzene rings is 1. The van der Waals surface area contributed by atoms with Crippen LogP contribution in [0.4, 0.5) is 0 Å². The standard InChI is InChI=1S/C16H21BN2O9/c18-10(5-12(20)21)15(23)19-6-9(7-19)28-11-2-1-8(3-4-17(26)27)14(22)13(11)16(24)25/h1-2,9-10,22,26-27H,3-7,18H2,(H,20,21)(H,24,25)/t10-/m0/s1. The number of carboxylic acid groups (broad SMARTS) is 2. The molecule has 1 saturated heterocycles. The molecule has 1 fully saturated rings. The van der Waals surface area contributed by atoms with E-state index in [2.05, 4.69) is 0 Å². The van der Waals surface area contributed by atoms with Gasteiger partial charge >= 0.3 is 19.1 Å². The van der Waals surface area contributed by atoms with Gasteiger partial charge in [-0.15, -0.1) is 0 Å². The fourth-order valence-electron chi connectivity index (χ4n) is 2.79. The van der Waals surface area contributed by atoms with Crippen molar-refractivity contribution in [2.24, 2.45) is 5.73 Å². The van der Waals surface area contributed by atoms with Crippen LogP contribution in [0.5, 0.6) is 11.5 Å². The van der Waals surface area contributed by atoms with Crippen molar-refractivity contribution in [3.63, 3.8) is 0 Å². The molecule has 1 atom stereocenters. The predicted molar refractivity (Wildman–Crippen MR) is 95.0 cm³/mol. The minimum atomic E-state index is -1.59. The molecule has 1 aromatic carbocycles. The summed E-state index contributed by atoms with van der Waals surface area (Å²) in [6, 6.07) is 1.60. The Morgan fingerprint density at radius 1 is 1.25 bits per heavy atom. The van der Waals surface area contributed by atoms with Crippen molar-refractivity contribution in [2.45, 2.75) is 31.3 Å². The zero-order valence-corrected chi connectivity index (χ0v) is 14.8. The van der Waals surface area contributed by atoms with Crippen molar-refractivity contribution in [1.82, 2.24) is 4.90 Å². The molecule has 0 bridgehead atoms. The van der Waals surface area contributed by atoms with Gasteiger partial charge in [0.2, 0.25) is 5.91 Å². The van der Waals surface area contributed by atoms with Crippen LogP contribution in [0.25, 0.3) is 0 Å². The molecule has 0 aromatic heterocycles. The van der Waals surface area contributed by atoms with Gasteiger partial charge in [0.05, 0.1) is 25.6 Å². The second kappa shape index (κ2) is 8.91. The Kier molecular flexibility index (Phi) is 6.83. The zero-order chi connectivity index (χ0) is 21.0. The maximum Gasteiger partial charge on any atom is 0.451 e. The molecule has 0 unspecified atom stereocenters. The van der Waals surface area contributed by atoms with Gasteiger partial charge in [0, 0.05) is 0 Å². The molecule has 1 heterocycles. The number of nitrogens with zero attached hydrogens (tertiary/aromatic N) is 1. The van der Waals surface area contributed by atoms with Crippen LogP contribution in [-0.4, -0.2) is 80.5 Å². The van der Waals surface area contributed by atoms with Crippen LogP contribution < -0.4 is 10.5 Å². The van der Waals surface area contributed by atoms with Gasteiger partial charge in [-0.05, 0) is 24.4 Å². The van der Waals surface area contributed by atoms with E-state index in [9.17, 15) is 24.6 Å². The quantitative estimate of drug-likeness (QED) is 0.268. The van der Waals surface area contributed by atoms with Crippen LogP contribution >= 0.6 is 0 Å². The lowest BCUT2D eigenvalue weighted by Gasteiger charge is -2.40. The Morgan fingerprint density at radius 2 is 1.89 bits per heavy atom. The van der Waals surface area contributed by atoms with Crippen LogP contribution in [0.15, 0.2) is 12.1 Å². The number of hydrogen-bond acceptors (Lipinski definition) is 8. The molecule has 0 aliphatic carbocycles. The van der Waals surface area contributed by atoms with E-state index in [1.54, 1.807) is 0 Å². The second-order valence-corrected chi connectivity index (χ2v) is 6.46. The van der Waals surface area contributed by atoms with Crippen LogP contribution in [-0.2, 0) is 16.0 Å². The SMILES string of the molecule is N[C@@H](CC(=O)O)C(=O)N1CC(Oc2ccc(CCB(O)O)c(O)c2C(=O)O)C1. The number of ether oxygens (including phenoxy) is 1. The van der Waals surface area contributed by atoms with Crippen LogP contribution in [0, 0.1) is 0 Å². The molecule has 0 spiro atoms. The van der Waals surface area contributed by atoms with Gasteiger partial charge in [-0.2, -0.15) is 0 Å². The molecule has 1 amide bonds. The number of nitrogens with two attached hydrogens (primary N) is 1. The maximum atomic E-state index is 12.0. The third-order valence-electron chi connectivity index (χ3n) is 4.27. The number of aromatic hydroxyl groups is 1. The number of carboxylic acids is 2. The van der Waals surface area contributed by atoms with E-state index in [-0.39, 0.29) is 37.1 Å². The van der Waals surface area contributed by atoms with Crippen molar-refractivity contribution in [3.8, 4) is 11.5 Å². The first-order valence-electron chi connectivity index (χ1n) is 8.47. The molecule has 1 aliphatic heterocycles. The monoisotopic (exact) mass is 396 g/mol. The molecule has 7 N–H and O–H groups in total. The average molecular weight is 396 g/mol. The number of carbonyl (C=O) groups is 3. The van der Waals surface area contributed by atoms with E-state index in [4.69, 9.17) is 25.6 Å². The Hall–Kier alpha value is -2.83. The number of rotatable bonds is 9. The fourth-order valence-corrected chi connectivity index (χ4v) is 2.79. The van der Waals surface area contributed by atoms with Crippen molar-refractivity contribution >= 4 is 25.0 Å². The molecular formula is C16H21BN2O9. The number of aliphatic carboxylic acids is 1. The van der Waals surface area contributed by atoms with Crippen molar-refractivity contribution in [1.29, 1.82) is 0 Å².